The number of rotatable bonds is 5. The van der Waals surface area contributed by atoms with E-state index in [4.69, 9.17) is 32.7 Å². The third-order valence-corrected chi connectivity index (χ3v) is 5.97. The molecule has 1 aliphatic heterocycles. The van der Waals surface area contributed by atoms with Crippen LogP contribution in [0.15, 0.2) is 66.7 Å². The monoisotopic (exact) mass is 456 g/mol. The summed E-state index contributed by atoms with van der Waals surface area (Å²) >= 11 is 12.1. The minimum atomic E-state index is 0.0183. The molecule has 0 bridgehead atoms. The summed E-state index contributed by atoms with van der Waals surface area (Å²) in [5, 5.41) is 1.08. The van der Waals surface area contributed by atoms with Gasteiger partial charge in [0.25, 0.3) is 5.91 Å². The zero-order valence-electron chi connectivity index (χ0n) is 17.1. The van der Waals surface area contributed by atoms with Crippen molar-refractivity contribution in [3.63, 3.8) is 0 Å². The standard InChI is InChI=1S/C24H22Cl2N2O3/c1-30-19-7-9-21(10-8-19)31-20-5-2-17(3-6-20)24(29)28-14-12-27(13-15-28)18-4-11-22(25)23(26)16-18/h2-11,16H,12-15H2,1H3. The third-order valence-electron chi connectivity index (χ3n) is 5.23. The van der Waals surface area contributed by atoms with Gasteiger partial charge < -0.3 is 19.3 Å². The van der Waals surface area contributed by atoms with Gasteiger partial charge in [-0.1, -0.05) is 23.2 Å². The number of amides is 1. The molecule has 0 aliphatic carbocycles. The lowest BCUT2D eigenvalue weighted by atomic mass is 10.1. The second kappa shape index (κ2) is 9.50. The first-order chi connectivity index (χ1) is 15.0. The van der Waals surface area contributed by atoms with E-state index in [1.54, 1.807) is 25.3 Å². The van der Waals surface area contributed by atoms with Gasteiger partial charge in [-0.15, -0.1) is 0 Å². The molecule has 160 valence electrons. The van der Waals surface area contributed by atoms with Crippen LogP contribution in [0.2, 0.25) is 10.0 Å². The second-order valence-corrected chi connectivity index (χ2v) is 7.99. The van der Waals surface area contributed by atoms with Crippen LogP contribution in [0, 0.1) is 0 Å². The van der Waals surface area contributed by atoms with E-state index in [1.807, 2.05) is 53.4 Å². The van der Waals surface area contributed by atoms with Crippen molar-refractivity contribution in [2.45, 2.75) is 0 Å². The molecule has 31 heavy (non-hydrogen) atoms. The van der Waals surface area contributed by atoms with Crippen molar-refractivity contribution in [3.05, 3.63) is 82.3 Å². The fourth-order valence-corrected chi connectivity index (χ4v) is 3.77. The van der Waals surface area contributed by atoms with Crippen LogP contribution in [-0.4, -0.2) is 44.1 Å². The Kier molecular flexibility index (Phi) is 6.54. The first kappa shape index (κ1) is 21.3. The fraction of sp³-hybridized carbons (Fsp3) is 0.208. The van der Waals surface area contributed by atoms with E-state index in [9.17, 15) is 4.79 Å². The topological polar surface area (TPSA) is 42.0 Å². The van der Waals surface area contributed by atoms with E-state index in [0.717, 1.165) is 24.5 Å². The van der Waals surface area contributed by atoms with Gasteiger partial charge in [0.05, 0.1) is 17.2 Å². The molecule has 0 radical (unpaired) electrons. The molecule has 4 rings (SSSR count). The molecular formula is C24H22Cl2N2O3. The zero-order valence-corrected chi connectivity index (χ0v) is 18.6. The molecule has 3 aromatic carbocycles. The molecule has 1 fully saturated rings. The van der Waals surface area contributed by atoms with Crippen molar-refractivity contribution in [1.82, 2.24) is 4.90 Å². The van der Waals surface area contributed by atoms with Gasteiger partial charge in [-0.05, 0) is 66.7 Å². The average molecular weight is 457 g/mol. The Bertz CT molecular complexity index is 1050. The van der Waals surface area contributed by atoms with Crippen LogP contribution in [-0.2, 0) is 0 Å². The van der Waals surface area contributed by atoms with Crippen LogP contribution in [0.1, 0.15) is 10.4 Å². The maximum absolute atomic E-state index is 12.9. The number of hydrogen-bond acceptors (Lipinski definition) is 4. The Morgan fingerprint density at radius 2 is 1.35 bits per heavy atom. The number of carbonyl (C=O) groups excluding carboxylic acids is 1. The van der Waals surface area contributed by atoms with Gasteiger partial charge in [0.2, 0.25) is 0 Å². The summed E-state index contributed by atoms with van der Waals surface area (Å²) in [5.41, 5.74) is 1.66. The normalized spacial score (nSPS) is 13.8. The van der Waals surface area contributed by atoms with Crippen LogP contribution in [0.3, 0.4) is 0 Å². The minimum Gasteiger partial charge on any atom is -0.497 e. The van der Waals surface area contributed by atoms with E-state index < -0.39 is 0 Å². The van der Waals surface area contributed by atoms with E-state index in [1.165, 1.54) is 0 Å². The number of piperazine rings is 1. The van der Waals surface area contributed by atoms with Gasteiger partial charge in [0, 0.05) is 37.4 Å². The summed E-state index contributed by atoms with van der Waals surface area (Å²) in [6, 6.07) is 20.2. The largest absolute Gasteiger partial charge is 0.497 e. The molecule has 1 heterocycles. The van der Waals surface area contributed by atoms with E-state index >= 15 is 0 Å². The predicted molar refractivity (Wildman–Crippen MR) is 124 cm³/mol. The van der Waals surface area contributed by atoms with Crippen molar-refractivity contribution >= 4 is 34.8 Å². The summed E-state index contributed by atoms with van der Waals surface area (Å²) in [6.07, 6.45) is 0. The van der Waals surface area contributed by atoms with Gasteiger partial charge in [0.15, 0.2) is 0 Å². The van der Waals surface area contributed by atoms with Crippen LogP contribution >= 0.6 is 23.2 Å². The Morgan fingerprint density at radius 1 is 0.774 bits per heavy atom. The van der Waals surface area contributed by atoms with Crippen LogP contribution < -0.4 is 14.4 Å². The smallest absolute Gasteiger partial charge is 0.253 e. The van der Waals surface area contributed by atoms with Crippen LogP contribution in [0.5, 0.6) is 17.2 Å². The molecule has 0 saturated carbocycles. The van der Waals surface area contributed by atoms with Crippen LogP contribution in [0.25, 0.3) is 0 Å². The van der Waals surface area contributed by atoms with Crippen LogP contribution in [0.4, 0.5) is 5.69 Å². The highest BCUT2D eigenvalue weighted by atomic mass is 35.5. The minimum absolute atomic E-state index is 0.0183. The molecule has 3 aromatic rings. The Hall–Kier alpha value is -2.89. The summed E-state index contributed by atoms with van der Waals surface area (Å²) in [6.45, 7) is 2.76. The Balaban J connectivity index is 1.34. The molecular weight excluding hydrogens is 435 g/mol. The quantitative estimate of drug-likeness (QED) is 0.489. The van der Waals surface area contributed by atoms with E-state index in [-0.39, 0.29) is 5.91 Å². The zero-order chi connectivity index (χ0) is 21.8. The van der Waals surface area contributed by atoms with Crippen molar-refractivity contribution in [1.29, 1.82) is 0 Å². The second-order valence-electron chi connectivity index (χ2n) is 7.18. The maximum Gasteiger partial charge on any atom is 0.253 e. The van der Waals surface area contributed by atoms with Gasteiger partial charge in [-0.3, -0.25) is 4.79 Å². The number of benzene rings is 3. The van der Waals surface area contributed by atoms with Crippen molar-refractivity contribution in [3.8, 4) is 17.2 Å². The summed E-state index contributed by atoms with van der Waals surface area (Å²) in [4.78, 5) is 17.0. The molecule has 0 unspecified atom stereocenters. The van der Waals surface area contributed by atoms with Gasteiger partial charge in [-0.25, -0.2) is 0 Å². The fourth-order valence-electron chi connectivity index (χ4n) is 3.48. The summed E-state index contributed by atoms with van der Waals surface area (Å²) < 4.78 is 11.0. The SMILES string of the molecule is COc1ccc(Oc2ccc(C(=O)N3CCN(c4ccc(Cl)c(Cl)c4)CC3)cc2)cc1. The molecule has 1 amide bonds. The molecule has 0 N–H and O–H groups in total. The molecule has 0 aromatic heterocycles. The molecule has 1 saturated heterocycles. The Morgan fingerprint density at radius 3 is 1.94 bits per heavy atom. The summed E-state index contributed by atoms with van der Waals surface area (Å²) in [5.74, 6) is 2.17. The highest BCUT2D eigenvalue weighted by Gasteiger charge is 2.22. The Labute approximate surface area is 191 Å². The number of nitrogens with zero attached hydrogens (tertiary/aromatic N) is 2. The lowest BCUT2D eigenvalue weighted by Gasteiger charge is -2.36. The predicted octanol–water partition coefficient (Wildman–Crippen LogP) is 5.76. The molecule has 1 aliphatic rings. The first-order valence-corrected chi connectivity index (χ1v) is 10.7. The van der Waals surface area contributed by atoms with Gasteiger partial charge >= 0.3 is 0 Å². The number of anilines is 1. The van der Waals surface area contributed by atoms with Crippen molar-refractivity contribution < 1.29 is 14.3 Å². The van der Waals surface area contributed by atoms with E-state index in [0.29, 0.717) is 40.2 Å². The number of carbonyl (C=O) groups is 1. The lowest BCUT2D eigenvalue weighted by Crippen LogP contribution is -2.48. The van der Waals surface area contributed by atoms with Crippen molar-refractivity contribution in [2.75, 3.05) is 38.2 Å². The highest BCUT2D eigenvalue weighted by Crippen LogP contribution is 2.28. The summed E-state index contributed by atoms with van der Waals surface area (Å²) in [7, 11) is 1.62. The highest BCUT2D eigenvalue weighted by molar-refractivity contribution is 6.42. The molecule has 0 spiro atoms. The number of hydrogen-bond donors (Lipinski definition) is 0. The van der Waals surface area contributed by atoms with E-state index in [2.05, 4.69) is 4.90 Å². The van der Waals surface area contributed by atoms with Gasteiger partial charge in [0.1, 0.15) is 17.2 Å². The average Bonchev–Trinajstić information content (AvgIpc) is 2.81. The molecule has 0 atom stereocenters. The number of ether oxygens (including phenoxy) is 2. The van der Waals surface area contributed by atoms with Crippen molar-refractivity contribution in [2.24, 2.45) is 0 Å². The molecule has 5 nitrogen and oxygen atoms in total. The third kappa shape index (κ3) is 5.06. The van der Waals surface area contributed by atoms with Gasteiger partial charge in [-0.2, -0.15) is 0 Å². The molecule has 7 heteroatoms. The number of halogens is 2. The number of methoxy groups -OCH3 is 1. The lowest BCUT2D eigenvalue weighted by molar-refractivity contribution is 0.0747. The maximum atomic E-state index is 12.9. The first-order valence-electron chi connectivity index (χ1n) is 9.95.